The van der Waals surface area contributed by atoms with E-state index in [4.69, 9.17) is 4.74 Å². The normalized spacial score (nSPS) is 27.0. The third kappa shape index (κ3) is 1.86. The van der Waals surface area contributed by atoms with Crippen molar-refractivity contribution in [3.63, 3.8) is 0 Å². The minimum Gasteiger partial charge on any atom is -0.439 e. The highest BCUT2D eigenvalue weighted by atomic mass is 16.6. The minimum absolute atomic E-state index is 0.219. The molecule has 0 saturated carbocycles. The third-order valence-corrected chi connectivity index (χ3v) is 3.69. The van der Waals surface area contributed by atoms with Crippen molar-refractivity contribution >= 4 is 11.8 Å². The SMILES string of the molecule is Cc1cc(C)cc(N2CC3(CCNC3)OC2=O)c1. The van der Waals surface area contributed by atoms with Crippen molar-refractivity contribution in [1.29, 1.82) is 0 Å². The number of carbonyl (C=O) groups is 1. The van der Waals surface area contributed by atoms with Crippen molar-refractivity contribution in [3.8, 4) is 0 Å². The third-order valence-electron chi connectivity index (χ3n) is 3.69. The van der Waals surface area contributed by atoms with E-state index in [0.717, 1.165) is 25.2 Å². The number of nitrogens with zero attached hydrogens (tertiary/aromatic N) is 1. The predicted molar refractivity (Wildman–Crippen MR) is 70.0 cm³/mol. The molecule has 3 rings (SSSR count). The van der Waals surface area contributed by atoms with Crippen LogP contribution in [0.25, 0.3) is 0 Å². The number of amides is 1. The van der Waals surface area contributed by atoms with Gasteiger partial charge < -0.3 is 10.1 Å². The zero-order valence-electron chi connectivity index (χ0n) is 10.8. The molecule has 1 unspecified atom stereocenters. The standard InChI is InChI=1S/C14H18N2O2/c1-10-5-11(2)7-12(6-10)16-9-14(18-13(16)17)3-4-15-8-14/h5-7,15H,3-4,8-9H2,1-2H3. The highest BCUT2D eigenvalue weighted by Gasteiger charge is 2.47. The van der Waals surface area contributed by atoms with Crippen molar-refractivity contribution < 1.29 is 9.53 Å². The van der Waals surface area contributed by atoms with Gasteiger partial charge >= 0.3 is 6.09 Å². The fraction of sp³-hybridized carbons (Fsp3) is 0.500. The molecule has 4 heteroatoms. The second-order valence-electron chi connectivity index (χ2n) is 5.41. The molecule has 1 aromatic rings. The molecule has 0 aromatic heterocycles. The molecule has 2 heterocycles. The number of hydrogen-bond donors (Lipinski definition) is 1. The van der Waals surface area contributed by atoms with E-state index in [9.17, 15) is 4.79 Å². The van der Waals surface area contributed by atoms with Crippen LogP contribution >= 0.6 is 0 Å². The van der Waals surface area contributed by atoms with E-state index < -0.39 is 0 Å². The van der Waals surface area contributed by atoms with E-state index in [1.54, 1.807) is 4.90 Å². The molecule has 96 valence electrons. The number of anilines is 1. The first-order valence-electron chi connectivity index (χ1n) is 6.38. The van der Waals surface area contributed by atoms with Crippen LogP contribution in [0.15, 0.2) is 18.2 Å². The summed E-state index contributed by atoms with van der Waals surface area (Å²) < 4.78 is 5.58. The van der Waals surface area contributed by atoms with Gasteiger partial charge in [-0.2, -0.15) is 0 Å². The molecule has 0 aliphatic carbocycles. The summed E-state index contributed by atoms with van der Waals surface area (Å²) in [7, 11) is 0. The quantitative estimate of drug-likeness (QED) is 0.824. The summed E-state index contributed by atoms with van der Waals surface area (Å²) in [5, 5.41) is 3.27. The van der Waals surface area contributed by atoms with Crippen LogP contribution in [-0.4, -0.2) is 31.3 Å². The Labute approximate surface area is 107 Å². The Balaban J connectivity index is 1.90. The largest absolute Gasteiger partial charge is 0.439 e. The van der Waals surface area contributed by atoms with Crippen LogP contribution in [0.4, 0.5) is 10.5 Å². The first-order valence-corrected chi connectivity index (χ1v) is 6.38. The Bertz CT molecular complexity index is 472. The topological polar surface area (TPSA) is 41.6 Å². The van der Waals surface area contributed by atoms with Crippen LogP contribution in [0, 0.1) is 13.8 Å². The van der Waals surface area contributed by atoms with Gasteiger partial charge in [0.25, 0.3) is 0 Å². The van der Waals surface area contributed by atoms with Crippen LogP contribution in [0.5, 0.6) is 0 Å². The molecule has 0 radical (unpaired) electrons. The molecule has 2 saturated heterocycles. The second kappa shape index (κ2) is 3.99. The molecule has 0 bridgehead atoms. The van der Waals surface area contributed by atoms with Gasteiger partial charge in [-0.1, -0.05) is 6.07 Å². The highest BCUT2D eigenvalue weighted by molar-refractivity contribution is 5.90. The Morgan fingerprint density at radius 1 is 1.28 bits per heavy atom. The Kier molecular flexibility index (Phi) is 2.55. The van der Waals surface area contributed by atoms with Crippen LogP contribution in [0.1, 0.15) is 17.5 Å². The minimum atomic E-state index is -0.311. The first-order chi connectivity index (χ1) is 8.58. The van der Waals surface area contributed by atoms with Crippen molar-refractivity contribution in [2.75, 3.05) is 24.5 Å². The molecule has 18 heavy (non-hydrogen) atoms. The molecule has 1 spiro atoms. The lowest BCUT2D eigenvalue weighted by atomic mass is 10.0. The molecule has 1 atom stereocenters. The van der Waals surface area contributed by atoms with Crippen molar-refractivity contribution in [1.82, 2.24) is 5.32 Å². The molecule has 2 fully saturated rings. The van der Waals surface area contributed by atoms with Gasteiger partial charge in [0.15, 0.2) is 0 Å². The lowest BCUT2D eigenvalue weighted by Crippen LogP contribution is -2.36. The average molecular weight is 246 g/mol. The maximum Gasteiger partial charge on any atom is 0.415 e. The Morgan fingerprint density at radius 2 is 2.00 bits per heavy atom. The van der Waals surface area contributed by atoms with Crippen molar-refractivity contribution in [2.45, 2.75) is 25.9 Å². The number of nitrogens with one attached hydrogen (secondary N) is 1. The van der Waals surface area contributed by atoms with Crippen molar-refractivity contribution in [2.24, 2.45) is 0 Å². The summed E-state index contributed by atoms with van der Waals surface area (Å²) >= 11 is 0. The number of aryl methyl sites for hydroxylation is 2. The van der Waals surface area contributed by atoms with Gasteiger partial charge in [-0.25, -0.2) is 4.79 Å². The summed E-state index contributed by atoms with van der Waals surface area (Å²) in [5.74, 6) is 0. The van der Waals surface area contributed by atoms with Gasteiger partial charge in [0.1, 0.15) is 5.60 Å². The predicted octanol–water partition coefficient (Wildman–Crippen LogP) is 1.99. The van der Waals surface area contributed by atoms with Gasteiger partial charge in [-0.15, -0.1) is 0 Å². The lowest BCUT2D eigenvalue weighted by molar-refractivity contribution is 0.0733. The molecule has 1 aromatic carbocycles. The van der Waals surface area contributed by atoms with Gasteiger partial charge in [-0.3, -0.25) is 4.90 Å². The number of rotatable bonds is 1. The zero-order valence-corrected chi connectivity index (χ0v) is 10.8. The van der Waals surface area contributed by atoms with E-state index in [0.29, 0.717) is 6.54 Å². The molecule has 2 aliphatic rings. The fourth-order valence-corrected chi connectivity index (χ4v) is 2.87. The van der Waals surface area contributed by atoms with E-state index in [2.05, 4.69) is 11.4 Å². The second-order valence-corrected chi connectivity index (χ2v) is 5.41. The molecule has 1 N–H and O–H groups in total. The number of hydrogen-bond acceptors (Lipinski definition) is 3. The van der Waals surface area contributed by atoms with Gasteiger partial charge in [0.2, 0.25) is 0 Å². The fourth-order valence-electron chi connectivity index (χ4n) is 2.87. The first kappa shape index (κ1) is 11.5. The van der Waals surface area contributed by atoms with E-state index in [-0.39, 0.29) is 11.7 Å². The molecular weight excluding hydrogens is 228 g/mol. The molecular formula is C14H18N2O2. The summed E-state index contributed by atoms with van der Waals surface area (Å²) in [6.07, 6.45) is 0.684. The van der Waals surface area contributed by atoms with Crippen LogP contribution in [-0.2, 0) is 4.74 Å². The summed E-state index contributed by atoms with van der Waals surface area (Å²) in [6, 6.07) is 6.18. The van der Waals surface area contributed by atoms with Crippen LogP contribution < -0.4 is 10.2 Å². The summed E-state index contributed by atoms with van der Waals surface area (Å²) in [4.78, 5) is 13.8. The average Bonchev–Trinajstić information content (AvgIpc) is 2.85. The smallest absolute Gasteiger partial charge is 0.415 e. The number of carbonyl (C=O) groups excluding carboxylic acids is 1. The molecule has 2 aliphatic heterocycles. The lowest BCUT2D eigenvalue weighted by Gasteiger charge is -2.19. The summed E-state index contributed by atoms with van der Waals surface area (Å²) in [5.41, 5.74) is 2.97. The zero-order chi connectivity index (χ0) is 12.8. The highest BCUT2D eigenvalue weighted by Crippen LogP contribution is 2.32. The number of benzene rings is 1. The van der Waals surface area contributed by atoms with E-state index >= 15 is 0 Å². The summed E-state index contributed by atoms with van der Waals surface area (Å²) in [6.45, 7) is 6.44. The maximum atomic E-state index is 12.0. The monoisotopic (exact) mass is 246 g/mol. The van der Waals surface area contributed by atoms with E-state index in [1.807, 2.05) is 26.0 Å². The van der Waals surface area contributed by atoms with Crippen molar-refractivity contribution in [3.05, 3.63) is 29.3 Å². The van der Waals surface area contributed by atoms with Gasteiger partial charge in [0.05, 0.1) is 6.54 Å². The Morgan fingerprint density at radius 3 is 2.61 bits per heavy atom. The van der Waals surface area contributed by atoms with Gasteiger partial charge in [-0.05, 0) is 43.7 Å². The Hall–Kier alpha value is -1.55. The molecule has 4 nitrogen and oxygen atoms in total. The van der Waals surface area contributed by atoms with Crippen LogP contribution in [0.2, 0.25) is 0 Å². The van der Waals surface area contributed by atoms with E-state index in [1.165, 1.54) is 11.1 Å². The van der Waals surface area contributed by atoms with Crippen LogP contribution in [0.3, 0.4) is 0 Å². The van der Waals surface area contributed by atoms with Gasteiger partial charge in [0, 0.05) is 18.7 Å². The molecule has 1 amide bonds. The maximum absolute atomic E-state index is 12.0. The number of ether oxygens (including phenoxy) is 1.